The van der Waals surface area contributed by atoms with E-state index in [0.717, 1.165) is 36.2 Å². The quantitative estimate of drug-likeness (QED) is 0.777. The zero-order chi connectivity index (χ0) is 13.7. The van der Waals surface area contributed by atoms with Crippen LogP contribution in [0.15, 0.2) is 24.3 Å². The molecule has 5 heteroatoms. The number of hydrogen-bond acceptors (Lipinski definition) is 5. The van der Waals surface area contributed by atoms with Gasteiger partial charge in [0.1, 0.15) is 5.82 Å². The monoisotopic (exact) mass is 259 g/mol. The van der Waals surface area contributed by atoms with E-state index in [2.05, 4.69) is 39.6 Å². The predicted octanol–water partition coefficient (Wildman–Crippen LogP) is 2.04. The first kappa shape index (κ1) is 13.5. The van der Waals surface area contributed by atoms with E-state index in [1.807, 2.05) is 31.3 Å². The number of rotatable bonds is 6. The molecule has 0 saturated carbocycles. The zero-order valence-corrected chi connectivity index (χ0v) is 11.8. The van der Waals surface area contributed by atoms with Crippen molar-refractivity contribution in [2.75, 3.05) is 44.9 Å². The van der Waals surface area contributed by atoms with Crippen LogP contribution in [-0.4, -0.2) is 49.1 Å². The highest BCUT2D eigenvalue weighted by molar-refractivity contribution is 5.89. The topological polar surface area (TPSA) is 53.1 Å². The Morgan fingerprint density at radius 1 is 1.16 bits per heavy atom. The number of anilines is 2. The molecule has 1 aromatic carbocycles. The molecular weight excluding hydrogens is 238 g/mol. The van der Waals surface area contributed by atoms with Crippen LogP contribution in [0, 0.1) is 0 Å². The van der Waals surface area contributed by atoms with Gasteiger partial charge >= 0.3 is 0 Å². The molecule has 0 aliphatic carbocycles. The van der Waals surface area contributed by atoms with Crippen LogP contribution in [0.2, 0.25) is 0 Å². The lowest BCUT2D eigenvalue weighted by Gasteiger charge is -2.12. The van der Waals surface area contributed by atoms with Crippen LogP contribution in [-0.2, 0) is 0 Å². The molecule has 0 fully saturated rings. The van der Waals surface area contributed by atoms with Gasteiger partial charge in [0.2, 0.25) is 5.95 Å². The van der Waals surface area contributed by atoms with Crippen molar-refractivity contribution in [2.24, 2.45) is 0 Å². The molecule has 0 aliphatic rings. The molecule has 2 rings (SSSR count). The van der Waals surface area contributed by atoms with Crippen LogP contribution in [0.4, 0.5) is 11.8 Å². The van der Waals surface area contributed by atoms with Gasteiger partial charge in [-0.15, -0.1) is 0 Å². The molecule has 2 aromatic rings. The maximum atomic E-state index is 4.49. The van der Waals surface area contributed by atoms with Crippen molar-refractivity contribution in [3.8, 4) is 0 Å². The normalized spacial score (nSPS) is 10.9. The number of benzene rings is 1. The summed E-state index contributed by atoms with van der Waals surface area (Å²) in [5.41, 5.74) is 0.956. The molecule has 0 saturated heterocycles. The maximum Gasteiger partial charge on any atom is 0.224 e. The summed E-state index contributed by atoms with van der Waals surface area (Å²) >= 11 is 0. The number of hydrogen-bond donors (Lipinski definition) is 2. The summed E-state index contributed by atoms with van der Waals surface area (Å²) < 4.78 is 0. The van der Waals surface area contributed by atoms with Gasteiger partial charge in [-0.1, -0.05) is 12.1 Å². The minimum atomic E-state index is 0.647. The molecule has 0 atom stereocenters. The Hall–Kier alpha value is -1.88. The van der Waals surface area contributed by atoms with E-state index in [4.69, 9.17) is 0 Å². The van der Waals surface area contributed by atoms with Crippen LogP contribution < -0.4 is 10.6 Å². The Balaban J connectivity index is 2.16. The van der Waals surface area contributed by atoms with Gasteiger partial charge in [0.25, 0.3) is 0 Å². The van der Waals surface area contributed by atoms with Crippen molar-refractivity contribution in [1.82, 2.24) is 14.9 Å². The zero-order valence-electron chi connectivity index (χ0n) is 11.8. The second kappa shape index (κ2) is 6.33. The summed E-state index contributed by atoms with van der Waals surface area (Å²) in [5.74, 6) is 1.54. The summed E-state index contributed by atoms with van der Waals surface area (Å²) in [7, 11) is 6.00. The van der Waals surface area contributed by atoms with Gasteiger partial charge in [-0.25, -0.2) is 4.98 Å². The average molecular weight is 259 g/mol. The van der Waals surface area contributed by atoms with Crippen molar-refractivity contribution in [3.63, 3.8) is 0 Å². The summed E-state index contributed by atoms with van der Waals surface area (Å²) in [6.07, 6.45) is 1.08. The first-order chi connectivity index (χ1) is 9.20. The molecule has 0 aliphatic heterocycles. The Morgan fingerprint density at radius 3 is 2.68 bits per heavy atom. The van der Waals surface area contributed by atoms with E-state index >= 15 is 0 Å². The molecule has 1 aromatic heterocycles. The van der Waals surface area contributed by atoms with E-state index in [1.165, 1.54) is 0 Å². The second-order valence-corrected chi connectivity index (χ2v) is 4.75. The SMILES string of the molecule is CNc1nc(NCCCN(C)C)c2ccccc2n1. The molecule has 5 nitrogen and oxygen atoms in total. The molecule has 0 radical (unpaired) electrons. The van der Waals surface area contributed by atoms with Gasteiger partial charge in [0.15, 0.2) is 0 Å². The number of fused-ring (bicyclic) bond motifs is 1. The number of nitrogens with zero attached hydrogens (tertiary/aromatic N) is 3. The van der Waals surface area contributed by atoms with Crippen LogP contribution in [0.25, 0.3) is 10.9 Å². The lowest BCUT2D eigenvalue weighted by atomic mass is 10.2. The molecule has 102 valence electrons. The minimum Gasteiger partial charge on any atom is -0.369 e. The fourth-order valence-corrected chi connectivity index (χ4v) is 1.93. The highest BCUT2D eigenvalue weighted by atomic mass is 15.1. The van der Waals surface area contributed by atoms with Crippen LogP contribution in [0.1, 0.15) is 6.42 Å². The first-order valence-corrected chi connectivity index (χ1v) is 6.54. The Morgan fingerprint density at radius 2 is 1.95 bits per heavy atom. The standard InChI is InChI=1S/C14H21N5/c1-15-14-17-12-8-5-4-7-11(12)13(18-14)16-9-6-10-19(2)3/h4-5,7-8H,6,9-10H2,1-3H3,(H2,15,16,17,18). The molecule has 2 N–H and O–H groups in total. The average Bonchev–Trinajstić information content (AvgIpc) is 2.42. The predicted molar refractivity (Wildman–Crippen MR) is 80.7 cm³/mol. The maximum absolute atomic E-state index is 4.49. The van der Waals surface area contributed by atoms with Gasteiger partial charge in [0, 0.05) is 19.0 Å². The molecule has 1 heterocycles. The van der Waals surface area contributed by atoms with Gasteiger partial charge in [0.05, 0.1) is 5.52 Å². The number of aromatic nitrogens is 2. The third-order valence-electron chi connectivity index (χ3n) is 2.90. The Bertz CT molecular complexity index is 538. The Kier molecular flexibility index (Phi) is 4.52. The summed E-state index contributed by atoms with van der Waals surface area (Å²) in [4.78, 5) is 11.1. The third kappa shape index (κ3) is 3.54. The van der Waals surface area contributed by atoms with E-state index < -0.39 is 0 Å². The smallest absolute Gasteiger partial charge is 0.224 e. The summed E-state index contributed by atoms with van der Waals surface area (Å²) in [5, 5.41) is 7.46. The van der Waals surface area contributed by atoms with Crippen LogP contribution >= 0.6 is 0 Å². The lowest BCUT2D eigenvalue weighted by molar-refractivity contribution is 0.405. The third-order valence-corrected chi connectivity index (χ3v) is 2.90. The largest absolute Gasteiger partial charge is 0.369 e. The van der Waals surface area contributed by atoms with Gasteiger partial charge in [-0.3, -0.25) is 0 Å². The van der Waals surface area contributed by atoms with Crippen molar-refractivity contribution in [3.05, 3.63) is 24.3 Å². The van der Waals surface area contributed by atoms with Gasteiger partial charge in [-0.05, 0) is 39.2 Å². The van der Waals surface area contributed by atoms with Crippen molar-refractivity contribution in [1.29, 1.82) is 0 Å². The van der Waals surface area contributed by atoms with E-state index in [0.29, 0.717) is 5.95 Å². The first-order valence-electron chi connectivity index (χ1n) is 6.54. The molecule has 0 unspecified atom stereocenters. The van der Waals surface area contributed by atoms with E-state index in [9.17, 15) is 0 Å². The van der Waals surface area contributed by atoms with Crippen molar-refractivity contribution >= 4 is 22.7 Å². The fraction of sp³-hybridized carbons (Fsp3) is 0.429. The minimum absolute atomic E-state index is 0.647. The molecule has 19 heavy (non-hydrogen) atoms. The fourth-order valence-electron chi connectivity index (χ4n) is 1.93. The second-order valence-electron chi connectivity index (χ2n) is 4.75. The van der Waals surface area contributed by atoms with Crippen molar-refractivity contribution < 1.29 is 0 Å². The molecular formula is C14H21N5. The Labute approximate surface area is 114 Å². The summed E-state index contributed by atoms with van der Waals surface area (Å²) in [6.45, 7) is 1.97. The summed E-state index contributed by atoms with van der Waals surface area (Å²) in [6, 6.07) is 8.05. The van der Waals surface area contributed by atoms with Crippen LogP contribution in [0.5, 0.6) is 0 Å². The van der Waals surface area contributed by atoms with Gasteiger partial charge in [-0.2, -0.15) is 4.98 Å². The highest BCUT2D eigenvalue weighted by Gasteiger charge is 2.05. The van der Waals surface area contributed by atoms with E-state index in [1.54, 1.807) is 0 Å². The molecule has 0 spiro atoms. The lowest BCUT2D eigenvalue weighted by Crippen LogP contribution is -2.17. The van der Waals surface area contributed by atoms with Crippen LogP contribution in [0.3, 0.4) is 0 Å². The van der Waals surface area contributed by atoms with Gasteiger partial charge < -0.3 is 15.5 Å². The number of nitrogens with one attached hydrogen (secondary N) is 2. The molecule has 0 bridgehead atoms. The molecule has 0 amide bonds. The van der Waals surface area contributed by atoms with E-state index in [-0.39, 0.29) is 0 Å². The highest BCUT2D eigenvalue weighted by Crippen LogP contribution is 2.21. The number of para-hydroxylation sites is 1. The van der Waals surface area contributed by atoms with Crippen molar-refractivity contribution in [2.45, 2.75) is 6.42 Å².